The van der Waals surface area contributed by atoms with Gasteiger partial charge in [-0.1, -0.05) is 12.1 Å². The molecule has 0 radical (unpaired) electrons. The first kappa shape index (κ1) is 17.7. The van der Waals surface area contributed by atoms with Crippen molar-refractivity contribution in [3.05, 3.63) is 42.2 Å². The highest BCUT2D eigenvalue weighted by Crippen LogP contribution is 2.21. The van der Waals surface area contributed by atoms with E-state index in [2.05, 4.69) is 9.97 Å². The second-order valence-electron chi connectivity index (χ2n) is 5.48. The van der Waals surface area contributed by atoms with Gasteiger partial charge in [0, 0.05) is 34.1 Å². The van der Waals surface area contributed by atoms with E-state index in [9.17, 15) is 4.79 Å². The van der Waals surface area contributed by atoms with Crippen molar-refractivity contribution < 1.29 is 14.6 Å². The molecular weight excluding hydrogens is 308 g/mol. The van der Waals surface area contributed by atoms with Gasteiger partial charge in [-0.2, -0.15) is 4.98 Å². The van der Waals surface area contributed by atoms with Crippen molar-refractivity contribution in [2.24, 2.45) is 0 Å². The van der Waals surface area contributed by atoms with E-state index in [-0.39, 0.29) is 12.5 Å². The summed E-state index contributed by atoms with van der Waals surface area (Å²) in [5, 5.41) is 9.05. The second kappa shape index (κ2) is 8.26. The molecule has 1 amide bonds. The Morgan fingerprint density at radius 3 is 2.50 bits per heavy atom. The summed E-state index contributed by atoms with van der Waals surface area (Å²) in [7, 11) is 3.65. The summed E-state index contributed by atoms with van der Waals surface area (Å²) in [5.74, 6) is 1.70. The number of aromatic nitrogens is 2. The highest BCUT2D eigenvalue weighted by molar-refractivity contribution is 5.72. The third-order valence-electron chi connectivity index (χ3n) is 3.63. The Labute approximate surface area is 141 Å². The zero-order chi connectivity index (χ0) is 17.5. The van der Waals surface area contributed by atoms with Crippen molar-refractivity contribution in [2.45, 2.75) is 13.5 Å². The van der Waals surface area contributed by atoms with Gasteiger partial charge in [-0.25, -0.2) is 0 Å². The minimum Gasteiger partial charge on any atom is -0.437 e. The number of aliphatic hydroxyl groups is 1. The summed E-state index contributed by atoms with van der Waals surface area (Å²) in [6.45, 7) is 2.77. The van der Waals surface area contributed by atoms with Gasteiger partial charge >= 0.3 is 0 Å². The van der Waals surface area contributed by atoms with Gasteiger partial charge < -0.3 is 19.6 Å². The molecule has 0 spiro atoms. The Kier molecular flexibility index (Phi) is 6.08. The maximum Gasteiger partial charge on any atom is 0.239 e. The molecule has 0 aliphatic heterocycles. The van der Waals surface area contributed by atoms with Crippen LogP contribution < -0.4 is 9.64 Å². The molecule has 0 aliphatic carbocycles. The van der Waals surface area contributed by atoms with Gasteiger partial charge in [0.25, 0.3) is 0 Å². The molecule has 0 fully saturated rings. The molecular formula is C17H22N4O3. The fraction of sp³-hybridized carbons (Fsp3) is 0.353. The molecule has 1 N–H and O–H groups in total. The number of benzene rings is 1. The number of aliphatic hydroxyl groups excluding tert-OH is 1. The molecule has 0 unspecified atom stereocenters. The maximum absolute atomic E-state index is 11.2. The van der Waals surface area contributed by atoms with Crippen LogP contribution in [0.15, 0.2) is 36.7 Å². The van der Waals surface area contributed by atoms with E-state index >= 15 is 0 Å². The van der Waals surface area contributed by atoms with Crippen molar-refractivity contribution in [3.8, 4) is 11.6 Å². The molecule has 24 heavy (non-hydrogen) atoms. The second-order valence-corrected chi connectivity index (χ2v) is 5.48. The summed E-state index contributed by atoms with van der Waals surface area (Å²) in [4.78, 5) is 23.4. The molecule has 7 heteroatoms. The molecule has 0 aliphatic rings. The quantitative estimate of drug-likeness (QED) is 0.832. The Balaban J connectivity index is 2.00. The van der Waals surface area contributed by atoms with Gasteiger partial charge in [0.2, 0.25) is 11.8 Å². The normalized spacial score (nSPS) is 10.3. The van der Waals surface area contributed by atoms with Crippen LogP contribution in [0.3, 0.4) is 0 Å². The van der Waals surface area contributed by atoms with Gasteiger partial charge in [-0.15, -0.1) is 0 Å². The average molecular weight is 330 g/mol. The molecule has 0 bridgehead atoms. The lowest BCUT2D eigenvalue weighted by Gasteiger charge is -2.22. The number of nitrogens with zero attached hydrogens (tertiary/aromatic N) is 4. The predicted octanol–water partition coefficient (Wildman–Crippen LogP) is 1.68. The van der Waals surface area contributed by atoms with Crippen LogP contribution in [0.2, 0.25) is 0 Å². The predicted molar refractivity (Wildman–Crippen MR) is 91.1 cm³/mol. The van der Waals surface area contributed by atoms with Crippen LogP contribution >= 0.6 is 0 Å². The standard InChI is InChI=1S/C17H22N4O3/c1-13(23)20(2)8-9-21(3)16-10-18-11-17(19-16)24-15-6-4-14(12-22)5-7-15/h4-7,10-11,22H,8-9,12H2,1-3H3. The number of hydrogen-bond acceptors (Lipinski definition) is 6. The molecule has 1 heterocycles. The molecule has 1 aromatic heterocycles. The van der Waals surface area contributed by atoms with Crippen LogP contribution in [0, 0.1) is 0 Å². The summed E-state index contributed by atoms with van der Waals surface area (Å²) in [6.07, 6.45) is 3.19. The molecule has 2 rings (SSSR count). The first-order valence-electron chi connectivity index (χ1n) is 7.62. The minimum atomic E-state index is -0.00489. The summed E-state index contributed by atoms with van der Waals surface area (Å²) in [6, 6.07) is 7.11. The van der Waals surface area contributed by atoms with Crippen molar-refractivity contribution in [3.63, 3.8) is 0 Å². The van der Waals surface area contributed by atoms with Crippen molar-refractivity contribution in [2.75, 3.05) is 32.1 Å². The van der Waals surface area contributed by atoms with E-state index in [0.717, 1.165) is 5.56 Å². The zero-order valence-corrected chi connectivity index (χ0v) is 14.1. The Morgan fingerprint density at radius 2 is 1.88 bits per heavy atom. The first-order chi connectivity index (χ1) is 11.5. The Morgan fingerprint density at radius 1 is 1.17 bits per heavy atom. The van der Waals surface area contributed by atoms with Crippen LogP contribution in [0.4, 0.5) is 5.82 Å². The van der Waals surface area contributed by atoms with Crippen molar-refractivity contribution in [1.29, 1.82) is 0 Å². The molecule has 128 valence electrons. The van der Waals surface area contributed by atoms with Gasteiger partial charge in [-0.3, -0.25) is 9.78 Å². The van der Waals surface area contributed by atoms with E-state index in [4.69, 9.17) is 9.84 Å². The smallest absolute Gasteiger partial charge is 0.239 e. The molecule has 0 atom stereocenters. The van der Waals surface area contributed by atoms with E-state index in [1.54, 1.807) is 48.6 Å². The number of carbonyl (C=O) groups is 1. The third kappa shape index (κ3) is 4.92. The van der Waals surface area contributed by atoms with Crippen LogP contribution in [-0.4, -0.2) is 53.1 Å². The molecule has 2 aromatic rings. The number of hydrogen-bond donors (Lipinski definition) is 1. The van der Waals surface area contributed by atoms with Gasteiger partial charge in [0.1, 0.15) is 5.75 Å². The van der Waals surface area contributed by atoms with Crippen LogP contribution in [0.1, 0.15) is 12.5 Å². The maximum atomic E-state index is 11.2. The molecule has 0 saturated carbocycles. The number of anilines is 1. The molecule has 1 aromatic carbocycles. The van der Waals surface area contributed by atoms with E-state index in [1.807, 2.05) is 11.9 Å². The van der Waals surface area contributed by atoms with Crippen molar-refractivity contribution >= 4 is 11.7 Å². The molecule has 0 saturated heterocycles. The lowest BCUT2D eigenvalue weighted by atomic mass is 10.2. The van der Waals surface area contributed by atoms with Crippen LogP contribution in [0.5, 0.6) is 11.6 Å². The number of likely N-dealkylation sites (N-methyl/N-ethyl adjacent to an activating group) is 2. The number of carbonyl (C=O) groups excluding carboxylic acids is 1. The monoisotopic (exact) mass is 330 g/mol. The van der Waals surface area contributed by atoms with E-state index in [0.29, 0.717) is 30.5 Å². The first-order valence-corrected chi connectivity index (χ1v) is 7.62. The molecule has 7 nitrogen and oxygen atoms in total. The van der Waals surface area contributed by atoms with Crippen molar-refractivity contribution in [1.82, 2.24) is 14.9 Å². The topological polar surface area (TPSA) is 78.8 Å². The van der Waals surface area contributed by atoms with Gasteiger partial charge in [0.15, 0.2) is 5.82 Å². The highest BCUT2D eigenvalue weighted by Gasteiger charge is 2.08. The zero-order valence-electron chi connectivity index (χ0n) is 14.1. The lowest BCUT2D eigenvalue weighted by Crippen LogP contribution is -2.33. The van der Waals surface area contributed by atoms with Gasteiger partial charge in [0.05, 0.1) is 19.0 Å². The summed E-state index contributed by atoms with van der Waals surface area (Å²) in [5.41, 5.74) is 0.816. The number of amides is 1. The van der Waals surface area contributed by atoms with E-state index in [1.165, 1.54) is 6.92 Å². The summed E-state index contributed by atoms with van der Waals surface area (Å²) >= 11 is 0. The number of ether oxygens (including phenoxy) is 1. The van der Waals surface area contributed by atoms with E-state index < -0.39 is 0 Å². The highest BCUT2D eigenvalue weighted by atomic mass is 16.5. The lowest BCUT2D eigenvalue weighted by molar-refractivity contribution is -0.127. The Bertz CT molecular complexity index is 676. The fourth-order valence-electron chi connectivity index (χ4n) is 1.93. The van der Waals surface area contributed by atoms with Crippen LogP contribution in [-0.2, 0) is 11.4 Å². The average Bonchev–Trinajstić information content (AvgIpc) is 2.60. The minimum absolute atomic E-state index is 0.00489. The van der Waals surface area contributed by atoms with Crippen LogP contribution in [0.25, 0.3) is 0 Å². The fourth-order valence-corrected chi connectivity index (χ4v) is 1.93. The largest absolute Gasteiger partial charge is 0.437 e. The third-order valence-corrected chi connectivity index (χ3v) is 3.63. The van der Waals surface area contributed by atoms with Gasteiger partial charge in [-0.05, 0) is 17.7 Å². The summed E-state index contributed by atoms with van der Waals surface area (Å²) < 4.78 is 5.69. The number of rotatable bonds is 7. The SMILES string of the molecule is CC(=O)N(C)CCN(C)c1cncc(Oc2ccc(CO)cc2)n1. The Hall–Kier alpha value is -2.67.